The summed E-state index contributed by atoms with van der Waals surface area (Å²) >= 11 is 0. The smallest absolute Gasteiger partial charge is 0.182 e. The highest BCUT2D eigenvalue weighted by Gasteiger charge is 2.31. The van der Waals surface area contributed by atoms with E-state index in [4.69, 9.17) is 5.73 Å². The minimum absolute atomic E-state index is 0.116. The Morgan fingerprint density at radius 3 is 2.25 bits per heavy atom. The molecule has 2 N–H and O–H groups in total. The second-order valence-electron chi connectivity index (χ2n) is 3.82. The van der Waals surface area contributed by atoms with Crippen LogP contribution in [0.1, 0.15) is 37.0 Å². The zero-order valence-corrected chi connectivity index (χ0v) is 9.39. The van der Waals surface area contributed by atoms with Crippen molar-refractivity contribution >= 4 is 5.78 Å². The van der Waals surface area contributed by atoms with Crippen LogP contribution >= 0.6 is 0 Å². The van der Waals surface area contributed by atoms with Crippen molar-refractivity contribution in [2.24, 2.45) is 5.73 Å². The molecule has 1 aromatic carbocycles. The van der Waals surface area contributed by atoms with E-state index in [1.165, 1.54) is 6.07 Å². The lowest BCUT2D eigenvalue weighted by Gasteiger charge is -2.24. The molecule has 88 valence electrons. The van der Waals surface area contributed by atoms with Gasteiger partial charge in [0.1, 0.15) is 0 Å². The third-order valence-electron chi connectivity index (χ3n) is 2.90. The van der Waals surface area contributed by atoms with Crippen LogP contribution in [0.2, 0.25) is 0 Å². The van der Waals surface area contributed by atoms with Gasteiger partial charge in [0.15, 0.2) is 17.4 Å². The molecule has 0 aliphatic rings. The summed E-state index contributed by atoms with van der Waals surface area (Å²) in [7, 11) is 0. The molecule has 0 bridgehead atoms. The van der Waals surface area contributed by atoms with E-state index in [-0.39, 0.29) is 11.3 Å². The highest BCUT2D eigenvalue weighted by Crippen LogP contribution is 2.19. The molecule has 2 nitrogen and oxygen atoms in total. The maximum Gasteiger partial charge on any atom is 0.182 e. The number of rotatable bonds is 4. The van der Waals surface area contributed by atoms with Gasteiger partial charge < -0.3 is 5.73 Å². The number of nitrogens with two attached hydrogens (primary N) is 1. The molecule has 16 heavy (non-hydrogen) atoms. The topological polar surface area (TPSA) is 43.1 Å². The molecule has 4 heteroatoms. The molecule has 1 aromatic rings. The van der Waals surface area contributed by atoms with E-state index in [1.54, 1.807) is 13.8 Å². The van der Waals surface area contributed by atoms with Crippen LogP contribution in [-0.2, 0) is 0 Å². The molecule has 0 spiro atoms. The van der Waals surface area contributed by atoms with Gasteiger partial charge in [0.05, 0.1) is 5.54 Å². The molecule has 0 aliphatic carbocycles. The first kappa shape index (κ1) is 12.8. The van der Waals surface area contributed by atoms with Gasteiger partial charge in [0.2, 0.25) is 0 Å². The minimum atomic E-state index is -1.03. The van der Waals surface area contributed by atoms with E-state index in [2.05, 4.69) is 0 Å². The third kappa shape index (κ3) is 2.27. The number of ketones is 1. The van der Waals surface area contributed by atoms with Crippen LogP contribution in [0.25, 0.3) is 0 Å². The largest absolute Gasteiger partial charge is 0.319 e. The maximum atomic E-state index is 13.0. The highest BCUT2D eigenvalue weighted by atomic mass is 19.2. The quantitative estimate of drug-likeness (QED) is 0.803. The Bertz CT molecular complexity index is 400. The number of hydrogen-bond donors (Lipinski definition) is 1. The van der Waals surface area contributed by atoms with Gasteiger partial charge in [-0.05, 0) is 31.0 Å². The van der Waals surface area contributed by atoms with Gasteiger partial charge in [0.25, 0.3) is 0 Å². The Morgan fingerprint density at radius 1 is 1.25 bits per heavy atom. The van der Waals surface area contributed by atoms with E-state index >= 15 is 0 Å². The van der Waals surface area contributed by atoms with Crippen LogP contribution in [0.5, 0.6) is 0 Å². The van der Waals surface area contributed by atoms with Crippen LogP contribution in [0.15, 0.2) is 18.2 Å². The zero-order valence-electron chi connectivity index (χ0n) is 9.39. The molecule has 0 saturated carbocycles. The number of carbonyl (C=O) groups excluding carboxylic acids is 1. The third-order valence-corrected chi connectivity index (χ3v) is 2.90. The normalized spacial score (nSPS) is 11.6. The Balaban J connectivity index is 3.09. The maximum absolute atomic E-state index is 13.0. The van der Waals surface area contributed by atoms with E-state index < -0.39 is 17.2 Å². The summed E-state index contributed by atoms with van der Waals surface area (Å²) in [6.45, 7) is 3.59. The molecule has 0 unspecified atom stereocenters. The van der Waals surface area contributed by atoms with E-state index in [0.717, 1.165) is 12.1 Å². The van der Waals surface area contributed by atoms with Gasteiger partial charge in [-0.25, -0.2) is 8.78 Å². The molecular formula is C12H15F2NO. The SMILES string of the molecule is CCC(N)(CC)C(=O)c1ccc(F)c(F)c1. The Kier molecular flexibility index (Phi) is 3.75. The standard InChI is InChI=1S/C12H15F2NO/c1-3-12(15,4-2)11(16)8-5-6-9(13)10(14)7-8/h5-7H,3-4,15H2,1-2H3. The van der Waals surface area contributed by atoms with Gasteiger partial charge in [-0.3, -0.25) is 4.79 Å². The van der Waals surface area contributed by atoms with E-state index in [9.17, 15) is 13.6 Å². The number of halogens is 2. The fourth-order valence-corrected chi connectivity index (χ4v) is 1.50. The predicted octanol–water partition coefficient (Wildman–Crippen LogP) is 2.67. The summed E-state index contributed by atoms with van der Waals surface area (Å²) in [6.07, 6.45) is 0.919. The van der Waals surface area contributed by atoms with Crippen molar-refractivity contribution in [1.29, 1.82) is 0 Å². The summed E-state index contributed by atoms with van der Waals surface area (Å²) in [5.74, 6) is -2.34. The van der Waals surface area contributed by atoms with Gasteiger partial charge in [0, 0.05) is 5.56 Å². The molecule has 0 heterocycles. The monoisotopic (exact) mass is 227 g/mol. The first-order valence-electron chi connectivity index (χ1n) is 5.23. The first-order valence-corrected chi connectivity index (χ1v) is 5.23. The van der Waals surface area contributed by atoms with Gasteiger partial charge in [-0.2, -0.15) is 0 Å². The van der Waals surface area contributed by atoms with Crippen LogP contribution in [0, 0.1) is 11.6 Å². The summed E-state index contributed by atoms with van der Waals surface area (Å²) in [5.41, 5.74) is 5.01. The molecule has 0 fully saturated rings. The van der Waals surface area contributed by atoms with Gasteiger partial charge >= 0.3 is 0 Å². The van der Waals surface area contributed by atoms with Crippen molar-refractivity contribution in [1.82, 2.24) is 0 Å². The summed E-state index contributed by atoms with van der Waals surface area (Å²) in [4.78, 5) is 12.0. The van der Waals surface area contributed by atoms with Crippen LogP contribution in [0.3, 0.4) is 0 Å². The lowest BCUT2D eigenvalue weighted by Crippen LogP contribution is -2.46. The van der Waals surface area contributed by atoms with Gasteiger partial charge in [-0.15, -0.1) is 0 Å². The van der Waals surface area contributed by atoms with Crippen molar-refractivity contribution in [2.45, 2.75) is 32.2 Å². The summed E-state index contributed by atoms with van der Waals surface area (Å²) in [5, 5.41) is 0. The molecule has 0 saturated heterocycles. The Morgan fingerprint density at radius 2 is 1.81 bits per heavy atom. The average molecular weight is 227 g/mol. The Labute approximate surface area is 93.5 Å². The van der Waals surface area contributed by atoms with E-state index in [1.807, 2.05) is 0 Å². The minimum Gasteiger partial charge on any atom is -0.319 e. The zero-order chi connectivity index (χ0) is 12.3. The summed E-state index contributed by atoms with van der Waals surface area (Å²) in [6, 6.07) is 3.09. The highest BCUT2D eigenvalue weighted by molar-refractivity contribution is 6.03. The molecule has 0 amide bonds. The molecule has 0 radical (unpaired) electrons. The van der Waals surface area contributed by atoms with Crippen LogP contribution < -0.4 is 5.73 Å². The average Bonchev–Trinajstić information content (AvgIpc) is 2.30. The second kappa shape index (κ2) is 4.70. The number of benzene rings is 1. The van der Waals surface area contributed by atoms with Crippen LogP contribution in [0.4, 0.5) is 8.78 Å². The van der Waals surface area contributed by atoms with E-state index in [0.29, 0.717) is 12.8 Å². The second-order valence-corrected chi connectivity index (χ2v) is 3.82. The van der Waals surface area contributed by atoms with Crippen molar-refractivity contribution in [3.05, 3.63) is 35.4 Å². The molecule has 0 aromatic heterocycles. The lowest BCUT2D eigenvalue weighted by atomic mass is 9.85. The number of hydrogen-bond acceptors (Lipinski definition) is 2. The molecule has 0 atom stereocenters. The number of carbonyl (C=O) groups is 1. The van der Waals surface area contributed by atoms with Crippen molar-refractivity contribution in [3.63, 3.8) is 0 Å². The molecular weight excluding hydrogens is 212 g/mol. The fourth-order valence-electron chi connectivity index (χ4n) is 1.50. The molecule has 1 rings (SSSR count). The van der Waals surface area contributed by atoms with Gasteiger partial charge in [-0.1, -0.05) is 13.8 Å². The summed E-state index contributed by atoms with van der Waals surface area (Å²) < 4.78 is 25.7. The number of Topliss-reactive ketones (excluding diaryl/α,β-unsaturated/α-hetero) is 1. The molecule has 0 aliphatic heterocycles. The van der Waals surface area contributed by atoms with Crippen molar-refractivity contribution < 1.29 is 13.6 Å². The van der Waals surface area contributed by atoms with Crippen LogP contribution in [-0.4, -0.2) is 11.3 Å². The predicted molar refractivity (Wildman–Crippen MR) is 58.2 cm³/mol. The fraction of sp³-hybridized carbons (Fsp3) is 0.417. The first-order chi connectivity index (χ1) is 7.44. The van der Waals surface area contributed by atoms with Crippen molar-refractivity contribution in [2.75, 3.05) is 0 Å². The lowest BCUT2D eigenvalue weighted by molar-refractivity contribution is 0.0879. The Hall–Kier alpha value is -1.29. The van der Waals surface area contributed by atoms with Crippen molar-refractivity contribution in [3.8, 4) is 0 Å².